The minimum Gasteiger partial charge on any atom is -0.258 e. The van der Waals surface area contributed by atoms with Gasteiger partial charge in [0.25, 0.3) is 0 Å². The van der Waals surface area contributed by atoms with E-state index in [2.05, 4.69) is 4.98 Å². The monoisotopic (exact) mass is 175 g/mol. The molecule has 0 radical (unpaired) electrons. The van der Waals surface area contributed by atoms with Crippen LogP contribution in [-0.2, 0) is 5.88 Å². The molecule has 0 aromatic carbocycles. The van der Waals surface area contributed by atoms with Crippen LogP contribution >= 0.6 is 23.2 Å². The fourth-order valence-electron chi connectivity index (χ4n) is 0.671. The van der Waals surface area contributed by atoms with E-state index in [0.717, 1.165) is 11.3 Å². The number of nitrogens with zero attached hydrogens (tertiary/aromatic N) is 1. The summed E-state index contributed by atoms with van der Waals surface area (Å²) < 4.78 is 0. The number of hydrogen-bond acceptors (Lipinski definition) is 1. The second kappa shape index (κ2) is 3.22. The van der Waals surface area contributed by atoms with Gasteiger partial charge in [-0.1, -0.05) is 11.6 Å². The number of hydrogen-bond donors (Lipinski definition) is 0. The van der Waals surface area contributed by atoms with Crippen molar-refractivity contribution in [1.29, 1.82) is 0 Å². The van der Waals surface area contributed by atoms with Crippen LogP contribution in [0, 0.1) is 6.92 Å². The second-order valence-corrected chi connectivity index (χ2v) is 2.73. The van der Waals surface area contributed by atoms with E-state index in [-0.39, 0.29) is 0 Å². The van der Waals surface area contributed by atoms with Crippen molar-refractivity contribution in [2.24, 2.45) is 0 Å². The van der Waals surface area contributed by atoms with Crippen LogP contribution in [0.15, 0.2) is 12.3 Å². The predicted octanol–water partition coefficient (Wildman–Crippen LogP) is 2.78. The van der Waals surface area contributed by atoms with Gasteiger partial charge in [-0.05, 0) is 18.6 Å². The van der Waals surface area contributed by atoms with Gasteiger partial charge in [0.1, 0.15) is 0 Å². The van der Waals surface area contributed by atoms with Crippen molar-refractivity contribution in [2.75, 3.05) is 0 Å². The Bertz CT molecular complexity index is 235. The molecule has 1 rings (SSSR count). The molecule has 0 bridgehead atoms. The average Bonchev–Trinajstić information content (AvgIpc) is 1.95. The van der Waals surface area contributed by atoms with Crippen molar-refractivity contribution >= 4 is 23.2 Å². The SMILES string of the molecule is Cc1cc(CCl)ncc1Cl. The van der Waals surface area contributed by atoms with Crippen molar-refractivity contribution in [3.05, 3.63) is 28.5 Å². The van der Waals surface area contributed by atoms with Crippen molar-refractivity contribution in [3.8, 4) is 0 Å². The van der Waals surface area contributed by atoms with Crippen LogP contribution < -0.4 is 0 Å². The number of halogens is 2. The topological polar surface area (TPSA) is 12.9 Å². The molecule has 0 saturated heterocycles. The maximum absolute atomic E-state index is 5.73. The number of pyridine rings is 1. The summed E-state index contributed by atoms with van der Waals surface area (Å²) in [6.07, 6.45) is 1.62. The summed E-state index contributed by atoms with van der Waals surface area (Å²) in [4.78, 5) is 3.99. The van der Waals surface area contributed by atoms with Gasteiger partial charge in [0.15, 0.2) is 0 Å². The number of alkyl halides is 1. The van der Waals surface area contributed by atoms with E-state index < -0.39 is 0 Å². The Morgan fingerprint density at radius 1 is 1.60 bits per heavy atom. The molecule has 54 valence electrons. The third kappa shape index (κ3) is 1.61. The summed E-state index contributed by atoms with van der Waals surface area (Å²) in [5, 5.41) is 0.689. The summed E-state index contributed by atoms with van der Waals surface area (Å²) in [6.45, 7) is 1.93. The van der Waals surface area contributed by atoms with Crippen LogP contribution in [0.2, 0.25) is 5.02 Å². The lowest BCUT2D eigenvalue weighted by atomic mass is 10.2. The van der Waals surface area contributed by atoms with Crippen LogP contribution in [0.3, 0.4) is 0 Å². The van der Waals surface area contributed by atoms with E-state index in [1.54, 1.807) is 6.20 Å². The average molecular weight is 176 g/mol. The van der Waals surface area contributed by atoms with Gasteiger partial charge in [-0.15, -0.1) is 11.6 Å². The minimum absolute atomic E-state index is 0.442. The molecule has 1 nitrogen and oxygen atoms in total. The van der Waals surface area contributed by atoms with Gasteiger partial charge < -0.3 is 0 Å². The Labute approximate surface area is 70.0 Å². The summed E-state index contributed by atoms with van der Waals surface area (Å²) in [7, 11) is 0. The van der Waals surface area contributed by atoms with E-state index >= 15 is 0 Å². The first-order valence-corrected chi connectivity index (χ1v) is 3.82. The maximum atomic E-state index is 5.73. The second-order valence-electron chi connectivity index (χ2n) is 2.06. The van der Waals surface area contributed by atoms with Crippen LogP contribution in [0.4, 0.5) is 0 Å². The Morgan fingerprint density at radius 3 is 2.80 bits per heavy atom. The molecule has 0 unspecified atom stereocenters. The molecule has 0 aliphatic carbocycles. The number of aromatic nitrogens is 1. The molecule has 0 N–H and O–H groups in total. The van der Waals surface area contributed by atoms with Crippen molar-refractivity contribution in [2.45, 2.75) is 12.8 Å². The zero-order chi connectivity index (χ0) is 7.56. The highest BCUT2D eigenvalue weighted by Gasteiger charge is 1.96. The maximum Gasteiger partial charge on any atom is 0.0647 e. The predicted molar refractivity (Wildman–Crippen MR) is 43.5 cm³/mol. The Kier molecular flexibility index (Phi) is 2.52. The third-order valence-corrected chi connectivity index (χ3v) is 1.91. The molecule has 0 saturated carbocycles. The Morgan fingerprint density at radius 2 is 2.30 bits per heavy atom. The molecule has 0 amide bonds. The molecular formula is C7H7Cl2N. The summed E-state index contributed by atoms with van der Waals surface area (Å²) in [6, 6.07) is 1.88. The van der Waals surface area contributed by atoms with E-state index in [0.29, 0.717) is 10.9 Å². The zero-order valence-electron chi connectivity index (χ0n) is 5.56. The molecule has 1 aromatic rings. The van der Waals surface area contributed by atoms with Gasteiger partial charge in [-0.25, -0.2) is 0 Å². The minimum atomic E-state index is 0.442. The van der Waals surface area contributed by atoms with Gasteiger partial charge in [-0.2, -0.15) is 0 Å². The third-order valence-electron chi connectivity index (χ3n) is 1.24. The summed E-state index contributed by atoms with van der Waals surface area (Å²) >= 11 is 11.3. The standard InChI is InChI=1S/C7H7Cl2N/c1-5-2-6(3-8)10-4-7(5)9/h2,4H,3H2,1H3. The molecule has 0 spiro atoms. The van der Waals surface area contributed by atoms with Crippen LogP contribution in [0.5, 0.6) is 0 Å². The molecule has 0 aliphatic heterocycles. The highest BCUT2D eigenvalue weighted by Crippen LogP contribution is 2.14. The van der Waals surface area contributed by atoms with Gasteiger partial charge in [0.05, 0.1) is 16.6 Å². The lowest BCUT2D eigenvalue weighted by Crippen LogP contribution is -1.85. The van der Waals surface area contributed by atoms with Crippen LogP contribution in [-0.4, -0.2) is 4.98 Å². The Balaban J connectivity index is 3.04. The lowest BCUT2D eigenvalue weighted by Gasteiger charge is -1.97. The summed E-state index contributed by atoms with van der Waals surface area (Å²) in [5.41, 5.74) is 1.89. The first-order chi connectivity index (χ1) is 4.74. The largest absolute Gasteiger partial charge is 0.258 e. The van der Waals surface area contributed by atoms with E-state index in [4.69, 9.17) is 23.2 Å². The fraction of sp³-hybridized carbons (Fsp3) is 0.286. The normalized spacial score (nSPS) is 9.90. The first kappa shape index (κ1) is 7.83. The van der Waals surface area contributed by atoms with Gasteiger partial charge in [0, 0.05) is 6.20 Å². The molecule has 1 aromatic heterocycles. The van der Waals surface area contributed by atoms with Gasteiger partial charge >= 0.3 is 0 Å². The quantitative estimate of drug-likeness (QED) is 0.599. The van der Waals surface area contributed by atoms with Gasteiger partial charge in [-0.3, -0.25) is 4.98 Å². The molecule has 3 heteroatoms. The lowest BCUT2D eigenvalue weighted by molar-refractivity contribution is 1.15. The van der Waals surface area contributed by atoms with Crippen LogP contribution in [0.25, 0.3) is 0 Å². The van der Waals surface area contributed by atoms with Crippen molar-refractivity contribution < 1.29 is 0 Å². The zero-order valence-corrected chi connectivity index (χ0v) is 7.08. The highest BCUT2D eigenvalue weighted by molar-refractivity contribution is 6.31. The van der Waals surface area contributed by atoms with Crippen molar-refractivity contribution in [1.82, 2.24) is 4.98 Å². The highest BCUT2D eigenvalue weighted by atomic mass is 35.5. The first-order valence-electron chi connectivity index (χ1n) is 2.91. The molecule has 1 heterocycles. The number of aryl methyl sites for hydroxylation is 1. The molecule has 0 atom stereocenters. The fourth-order valence-corrected chi connectivity index (χ4v) is 0.920. The smallest absolute Gasteiger partial charge is 0.0647 e. The van der Waals surface area contributed by atoms with E-state index in [1.807, 2.05) is 13.0 Å². The van der Waals surface area contributed by atoms with Crippen molar-refractivity contribution in [3.63, 3.8) is 0 Å². The van der Waals surface area contributed by atoms with E-state index in [9.17, 15) is 0 Å². The number of rotatable bonds is 1. The molecule has 0 fully saturated rings. The van der Waals surface area contributed by atoms with Crippen LogP contribution in [0.1, 0.15) is 11.3 Å². The molecule has 0 aliphatic rings. The molecule has 10 heavy (non-hydrogen) atoms. The summed E-state index contributed by atoms with van der Waals surface area (Å²) in [5.74, 6) is 0.442. The Hall–Kier alpha value is -0.270. The van der Waals surface area contributed by atoms with Gasteiger partial charge in [0.2, 0.25) is 0 Å². The van der Waals surface area contributed by atoms with E-state index in [1.165, 1.54) is 0 Å². The molecular weight excluding hydrogens is 169 g/mol.